The molecule has 0 aliphatic rings. The molecule has 2 nitrogen and oxygen atoms in total. The number of benzene rings is 2. The van der Waals surface area contributed by atoms with Crippen LogP contribution in [0, 0.1) is 5.92 Å². The lowest BCUT2D eigenvalue weighted by Crippen LogP contribution is -2.11. The highest BCUT2D eigenvalue weighted by molar-refractivity contribution is 9.09. The monoisotopic (exact) mass is 348 g/mol. The number of alkyl halides is 1. The first kappa shape index (κ1) is 15.9. The second-order valence-electron chi connectivity index (χ2n) is 5.03. The van der Waals surface area contributed by atoms with Crippen LogP contribution in [0.3, 0.4) is 0 Å². The van der Waals surface area contributed by atoms with Crippen LogP contribution in [-0.2, 0) is 6.42 Å². The summed E-state index contributed by atoms with van der Waals surface area (Å²) in [5.74, 6) is 2.41. The Morgan fingerprint density at radius 1 is 1.00 bits per heavy atom. The number of ether oxygens (including phenoxy) is 2. The summed E-state index contributed by atoms with van der Waals surface area (Å²) in [7, 11) is 1.70. The van der Waals surface area contributed by atoms with E-state index in [1.54, 1.807) is 7.11 Å². The van der Waals surface area contributed by atoms with Crippen LogP contribution in [0.25, 0.3) is 0 Å². The number of rotatable bonds is 8. The molecule has 0 aromatic heterocycles. The number of methoxy groups -OCH3 is 1. The van der Waals surface area contributed by atoms with Gasteiger partial charge in [0.25, 0.3) is 0 Å². The fraction of sp³-hybridized carbons (Fsp3) is 0.333. The summed E-state index contributed by atoms with van der Waals surface area (Å²) in [5.41, 5.74) is 1.30. The van der Waals surface area contributed by atoms with E-state index in [0.29, 0.717) is 5.92 Å². The Morgan fingerprint density at radius 2 is 1.76 bits per heavy atom. The summed E-state index contributed by atoms with van der Waals surface area (Å²) >= 11 is 3.61. The van der Waals surface area contributed by atoms with E-state index in [2.05, 4.69) is 28.1 Å². The maximum absolute atomic E-state index is 5.78. The van der Waals surface area contributed by atoms with Gasteiger partial charge in [0.05, 0.1) is 13.7 Å². The maximum atomic E-state index is 5.78. The molecule has 3 heteroatoms. The number of hydrogen-bond donors (Lipinski definition) is 0. The second-order valence-corrected chi connectivity index (χ2v) is 5.67. The molecule has 21 heavy (non-hydrogen) atoms. The summed E-state index contributed by atoms with van der Waals surface area (Å²) in [4.78, 5) is 0. The quantitative estimate of drug-likeness (QED) is 0.642. The fourth-order valence-corrected chi connectivity index (χ4v) is 2.78. The smallest absolute Gasteiger partial charge is 0.119 e. The highest BCUT2D eigenvalue weighted by Gasteiger charge is 2.09. The molecular weight excluding hydrogens is 328 g/mol. The van der Waals surface area contributed by atoms with Crippen molar-refractivity contribution in [2.24, 2.45) is 5.92 Å². The first-order chi connectivity index (χ1) is 10.3. The third kappa shape index (κ3) is 5.43. The zero-order valence-electron chi connectivity index (χ0n) is 12.3. The van der Waals surface area contributed by atoms with Gasteiger partial charge in [-0.05, 0) is 48.6 Å². The third-order valence-electron chi connectivity index (χ3n) is 3.41. The van der Waals surface area contributed by atoms with E-state index in [1.165, 1.54) is 5.56 Å². The molecule has 0 N–H and O–H groups in total. The molecule has 2 aromatic carbocycles. The molecule has 0 saturated heterocycles. The zero-order chi connectivity index (χ0) is 14.9. The molecule has 0 amide bonds. The molecule has 0 bridgehead atoms. The Balaban J connectivity index is 1.82. The molecule has 2 aromatic rings. The summed E-state index contributed by atoms with van der Waals surface area (Å²) in [5, 5.41) is 0.975. The minimum atomic E-state index is 0.556. The first-order valence-electron chi connectivity index (χ1n) is 7.18. The Bertz CT molecular complexity index is 528. The van der Waals surface area contributed by atoms with Crippen molar-refractivity contribution in [2.75, 3.05) is 19.0 Å². The van der Waals surface area contributed by atoms with Gasteiger partial charge in [-0.15, -0.1) is 0 Å². The van der Waals surface area contributed by atoms with Crippen molar-refractivity contribution in [1.29, 1.82) is 0 Å². The van der Waals surface area contributed by atoms with Gasteiger partial charge in [-0.3, -0.25) is 0 Å². The topological polar surface area (TPSA) is 18.5 Å². The van der Waals surface area contributed by atoms with Crippen LogP contribution < -0.4 is 9.47 Å². The van der Waals surface area contributed by atoms with E-state index in [9.17, 15) is 0 Å². The van der Waals surface area contributed by atoms with Gasteiger partial charge in [-0.1, -0.05) is 46.3 Å². The van der Waals surface area contributed by atoms with Gasteiger partial charge >= 0.3 is 0 Å². The predicted molar refractivity (Wildman–Crippen MR) is 90.5 cm³/mol. The third-order valence-corrected chi connectivity index (χ3v) is 4.33. The van der Waals surface area contributed by atoms with Gasteiger partial charge in [0.2, 0.25) is 0 Å². The van der Waals surface area contributed by atoms with Gasteiger partial charge < -0.3 is 9.47 Å². The number of hydrogen-bond acceptors (Lipinski definition) is 2. The van der Waals surface area contributed by atoms with E-state index in [4.69, 9.17) is 9.47 Å². The van der Waals surface area contributed by atoms with E-state index in [-0.39, 0.29) is 0 Å². The van der Waals surface area contributed by atoms with Crippen molar-refractivity contribution in [1.82, 2.24) is 0 Å². The molecule has 0 spiro atoms. The van der Waals surface area contributed by atoms with E-state index in [1.807, 2.05) is 42.5 Å². The van der Waals surface area contributed by atoms with E-state index >= 15 is 0 Å². The lowest BCUT2D eigenvalue weighted by molar-refractivity contribution is 0.285. The average Bonchev–Trinajstić information content (AvgIpc) is 2.55. The van der Waals surface area contributed by atoms with Crippen molar-refractivity contribution in [3.8, 4) is 11.5 Å². The standard InChI is InChI=1S/C18H21BrO2/c1-20-18-9-5-6-15(13-18)12-16(14-19)10-11-21-17-7-3-2-4-8-17/h2-9,13,16H,10-12,14H2,1H3. The van der Waals surface area contributed by atoms with Gasteiger partial charge in [-0.2, -0.15) is 0 Å². The molecule has 112 valence electrons. The van der Waals surface area contributed by atoms with E-state index < -0.39 is 0 Å². The molecule has 0 saturated carbocycles. The molecule has 0 aliphatic heterocycles. The van der Waals surface area contributed by atoms with Crippen LogP contribution in [0.5, 0.6) is 11.5 Å². The average molecular weight is 349 g/mol. The van der Waals surface area contributed by atoms with E-state index in [0.717, 1.165) is 36.3 Å². The van der Waals surface area contributed by atoms with Gasteiger partial charge in [0.15, 0.2) is 0 Å². The van der Waals surface area contributed by atoms with Crippen molar-refractivity contribution in [2.45, 2.75) is 12.8 Å². The van der Waals surface area contributed by atoms with Crippen LogP contribution in [0.1, 0.15) is 12.0 Å². The Hall–Kier alpha value is -1.48. The summed E-state index contributed by atoms with van der Waals surface area (Å²) in [6.45, 7) is 0.740. The summed E-state index contributed by atoms with van der Waals surface area (Å²) in [6.07, 6.45) is 2.05. The highest BCUT2D eigenvalue weighted by Crippen LogP contribution is 2.19. The van der Waals surface area contributed by atoms with Crippen molar-refractivity contribution in [3.05, 3.63) is 60.2 Å². The highest BCUT2D eigenvalue weighted by atomic mass is 79.9. The largest absolute Gasteiger partial charge is 0.497 e. The molecular formula is C18H21BrO2. The summed E-state index contributed by atoms with van der Waals surface area (Å²) in [6, 6.07) is 18.2. The molecule has 2 rings (SSSR count). The van der Waals surface area contributed by atoms with Gasteiger partial charge in [0, 0.05) is 5.33 Å². The summed E-state index contributed by atoms with van der Waals surface area (Å²) < 4.78 is 11.0. The second kappa shape index (κ2) is 8.73. The lowest BCUT2D eigenvalue weighted by Gasteiger charge is -2.15. The Kier molecular flexibility index (Phi) is 6.61. The van der Waals surface area contributed by atoms with Gasteiger partial charge in [0.1, 0.15) is 11.5 Å². The minimum Gasteiger partial charge on any atom is -0.497 e. The molecule has 1 atom stereocenters. The molecule has 0 radical (unpaired) electrons. The van der Waals surface area contributed by atoms with Crippen LogP contribution in [0.2, 0.25) is 0 Å². The van der Waals surface area contributed by atoms with Crippen LogP contribution in [-0.4, -0.2) is 19.0 Å². The predicted octanol–water partition coefficient (Wildman–Crippen LogP) is 4.72. The van der Waals surface area contributed by atoms with Crippen molar-refractivity contribution >= 4 is 15.9 Å². The Labute approximate surface area is 135 Å². The normalized spacial score (nSPS) is 11.9. The lowest BCUT2D eigenvalue weighted by atomic mass is 9.98. The van der Waals surface area contributed by atoms with Crippen LogP contribution in [0.15, 0.2) is 54.6 Å². The van der Waals surface area contributed by atoms with Crippen molar-refractivity contribution in [3.63, 3.8) is 0 Å². The fourth-order valence-electron chi connectivity index (χ4n) is 2.23. The zero-order valence-corrected chi connectivity index (χ0v) is 13.9. The number of para-hydroxylation sites is 1. The van der Waals surface area contributed by atoms with Gasteiger partial charge in [-0.25, -0.2) is 0 Å². The molecule has 1 unspecified atom stereocenters. The minimum absolute atomic E-state index is 0.556. The SMILES string of the molecule is COc1cccc(CC(CBr)CCOc2ccccc2)c1. The Morgan fingerprint density at radius 3 is 2.48 bits per heavy atom. The van der Waals surface area contributed by atoms with Crippen LogP contribution in [0.4, 0.5) is 0 Å². The van der Waals surface area contributed by atoms with Crippen LogP contribution >= 0.6 is 15.9 Å². The molecule has 0 fully saturated rings. The van der Waals surface area contributed by atoms with Crippen molar-refractivity contribution < 1.29 is 9.47 Å². The first-order valence-corrected chi connectivity index (χ1v) is 8.30. The molecule has 0 heterocycles. The maximum Gasteiger partial charge on any atom is 0.119 e. The number of halogens is 1. The molecule has 0 aliphatic carbocycles.